The summed E-state index contributed by atoms with van der Waals surface area (Å²) in [5.41, 5.74) is 10.8. The fourth-order valence-corrected chi connectivity index (χ4v) is 12.4. The number of amides is 3. The molecule has 11 N–H and O–H groups in total. The Hall–Kier alpha value is -4.66. The van der Waals surface area contributed by atoms with Gasteiger partial charge in [-0.15, -0.1) is 0 Å². The van der Waals surface area contributed by atoms with Crippen LogP contribution in [0.1, 0.15) is 206 Å². The Morgan fingerprint density at radius 3 is 1.73 bits per heavy atom. The molecule has 2 saturated heterocycles. The number of nitrogens with zero attached hydrogens (tertiary/aromatic N) is 5. The Labute approximate surface area is 564 Å². The Bertz CT molecular complexity index is 2660. The van der Waals surface area contributed by atoms with Crippen molar-refractivity contribution in [3.05, 3.63) is 12.7 Å². The number of carbonyl (C=O) groups excluding carboxylic acids is 7. The number of carbonyl (C=O) groups is 7. The molecule has 0 spiro atoms. The average molecular weight is 1410 g/mol. The number of ether oxygens (including phenoxy) is 4. The number of hydrogen-bond acceptors (Lipinski definition) is 25. The number of unbranched alkanes of at least 4 members (excludes halogenated alkanes) is 11. The van der Waals surface area contributed by atoms with Gasteiger partial charge in [0.15, 0.2) is 11.5 Å². The predicted octanol–water partition coefficient (Wildman–Crippen LogP) is 5.72. The predicted molar refractivity (Wildman–Crippen MR) is 353 cm³/mol. The highest BCUT2D eigenvalue weighted by Crippen LogP contribution is 2.50. The SMILES string of the molecule is C.COP(=O)(O)OC[C@H]1O[C@@H](n2cnc3c(N)ncnc32)C[C@@H]1OP(=O)(O)OC[C@@H]1C[C@@H](O)CN1C(=O)CCCCCCCCC(=O)NC(COCCC(=O)CCCCN)(COCCC(=O)CCCCCC(=O)CCCCO)COCCC(=O)NCCCCC(=O)CCCCO. The summed E-state index contributed by atoms with van der Waals surface area (Å²) in [4.78, 5) is 125. The number of aliphatic hydroxyl groups is 3. The molecule has 0 aliphatic carbocycles. The lowest BCUT2D eigenvalue weighted by atomic mass is 10.0. The molecule has 550 valence electrons. The summed E-state index contributed by atoms with van der Waals surface area (Å²) in [6.07, 6.45) is 12.0. The van der Waals surface area contributed by atoms with Gasteiger partial charge in [0.05, 0.1) is 71.3 Å². The van der Waals surface area contributed by atoms with Gasteiger partial charge >= 0.3 is 15.6 Å². The molecule has 4 heterocycles. The van der Waals surface area contributed by atoms with Gasteiger partial charge < -0.3 is 71.1 Å². The Morgan fingerprint density at radius 1 is 0.635 bits per heavy atom. The lowest BCUT2D eigenvalue weighted by Gasteiger charge is -2.34. The molecule has 0 bridgehead atoms. The van der Waals surface area contributed by atoms with E-state index in [2.05, 4.69) is 30.1 Å². The summed E-state index contributed by atoms with van der Waals surface area (Å²) in [5.74, 6) is -0.535. The molecule has 3 amide bonds. The highest BCUT2D eigenvalue weighted by molar-refractivity contribution is 7.47. The van der Waals surface area contributed by atoms with Gasteiger partial charge in [0.2, 0.25) is 17.7 Å². The van der Waals surface area contributed by atoms with Crippen molar-refractivity contribution in [3.8, 4) is 0 Å². The van der Waals surface area contributed by atoms with Crippen molar-refractivity contribution >= 4 is 73.5 Å². The van der Waals surface area contributed by atoms with Gasteiger partial charge in [0.1, 0.15) is 59.0 Å². The minimum Gasteiger partial charge on any atom is -0.396 e. The molecular weight excluding hydrogens is 1300 g/mol. The molecule has 96 heavy (non-hydrogen) atoms. The second-order valence-corrected chi connectivity index (χ2v) is 27.3. The van der Waals surface area contributed by atoms with E-state index >= 15 is 0 Å². The largest absolute Gasteiger partial charge is 0.472 e. The van der Waals surface area contributed by atoms with E-state index in [9.17, 15) is 57.6 Å². The number of imidazole rings is 1. The van der Waals surface area contributed by atoms with Crippen LogP contribution in [0.4, 0.5) is 5.82 Å². The fraction of sp³-hybridized carbons (Fsp3) is 0.810. The van der Waals surface area contributed by atoms with E-state index < -0.39 is 65.0 Å². The van der Waals surface area contributed by atoms with E-state index in [4.69, 9.17) is 54.2 Å². The topological polar surface area (TPSA) is 452 Å². The minimum atomic E-state index is -4.93. The number of likely N-dealkylation sites (tertiary alicyclic amines) is 1. The molecule has 0 aromatic carbocycles. The van der Waals surface area contributed by atoms with Crippen LogP contribution in [0.3, 0.4) is 0 Å². The third kappa shape index (κ3) is 34.9. The van der Waals surface area contributed by atoms with Crippen molar-refractivity contribution in [1.29, 1.82) is 0 Å². The molecule has 4 rings (SSSR count). The van der Waals surface area contributed by atoms with Gasteiger partial charge in [-0.05, 0) is 90.0 Å². The maximum Gasteiger partial charge on any atom is 0.472 e. The van der Waals surface area contributed by atoms with E-state index in [1.165, 1.54) is 22.1 Å². The number of Topliss-reactive ketones (excluding diaryl/α,β-unsaturated/α-hetero) is 4. The van der Waals surface area contributed by atoms with Crippen LogP contribution >= 0.6 is 15.6 Å². The van der Waals surface area contributed by atoms with E-state index in [0.29, 0.717) is 148 Å². The van der Waals surface area contributed by atoms with Gasteiger partial charge in [-0.1, -0.05) is 39.5 Å². The van der Waals surface area contributed by atoms with Gasteiger partial charge in [-0.3, -0.25) is 56.2 Å². The maximum absolute atomic E-state index is 13.9. The molecule has 3 unspecified atom stereocenters. The van der Waals surface area contributed by atoms with Crippen molar-refractivity contribution in [3.63, 3.8) is 0 Å². The number of nitrogens with one attached hydrogen (secondary N) is 2. The van der Waals surface area contributed by atoms with Crippen molar-refractivity contribution < 1.29 is 105 Å². The normalized spacial score (nSPS) is 18.9. The van der Waals surface area contributed by atoms with Crippen molar-refractivity contribution in [2.24, 2.45) is 5.73 Å². The smallest absolute Gasteiger partial charge is 0.396 e. The number of phosphoric ester groups is 2. The first-order valence-corrected chi connectivity index (χ1v) is 36.7. The quantitative estimate of drug-likeness (QED) is 0.0282. The standard InChI is InChI=1S/C62H107N9O22P2.CH4/c1-86-94(82,83)91-41-54-53(38-58(92-54)71-46-68-59-60(64)66-45-67-61(59)71)93-95(84,85)90-40-47-37-52(78)39-70(47)57(81)26-10-5-3-2-4-9-25-56(80)69-62(43-88-35-28-51(77)21-11-15-30-63,42-87-34-27-50(76)20-8-6-7-19-48(74)23-13-17-32-72)44-89-36-29-55(79)65-31-16-12-22-49(75)24-14-18-33-73;/h45-47,52-54,58,72-73,78H,2-44,63H2,1H3,(H,65,79)(H,69,80)(H,82,83)(H,84,85)(H2,64,66,67);1H4/t47-,52+,53-,54+,58+,62?;/m0./s1. The number of phosphoric acid groups is 2. The van der Waals surface area contributed by atoms with Gasteiger partial charge in [0, 0.05) is 110 Å². The third-order valence-corrected chi connectivity index (χ3v) is 18.2. The van der Waals surface area contributed by atoms with Crippen LogP contribution in [0.15, 0.2) is 12.7 Å². The number of aliphatic hydroxyl groups excluding tert-OH is 3. The second-order valence-electron chi connectivity index (χ2n) is 24.4. The molecule has 8 atom stereocenters. The Morgan fingerprint density at radius 2 is 1.15 bits per heavy atom. The second kappa shape index (κ2) is 48.2. The highest BCUT2D eigenvalue weighted by atomic mass is 31.2. The first kappa shape index (κ1) is 85.6. The molecule has 2 aliphatic heterocycles. The zero-order chi connectivity index (χ0) is 69.3. The highest BCUT2D eigenvalue weighted by Gasteiger charge is 2.45. The summed E-state index contributed by atoms with van der Waals surface area (Å²) in [7, 11) is -8.48. The van der Waals surface area contributed by atoms with Crippen LogP contribution in [-0.4, -0.2) is 213 Å². The van der Waals surface area contributed by atoms with Crippen molar-refractivity contribution in [2.45, 2.75) is 236 Å². The van der Waals surface area contributed by atoms with Crippen LogP contribution in [0.25, 0.3) is 11.2 Å². The van der Waals surface area contributed by atoms with Gasteiger partial charge in [-0.2, -0.15) is 0 Å². The van der Waals surface area contributed by atoms with Crippen molar-refractivity contribution in [1.82, 2.24) is 35.1 Å². The lowest BCUT2D eigenvalue weighted by molar-refractivity contribution is -0.133. The van der Waals surface area contributed by atoms with Crippen LogP contribution < -0.4 is 22.1 Å². The molecular formula is C63H111N9O22P2. The number of fused-ring (bicyclic) bond motifs is 1. The molecule has 33 heteroatoms. The summed E-state index contributed by atoms with van der Waals surface area (Å²) in [6, 6.07) is -0.770. The van der Waals surface area contributed by atoms with Crippen LogP contribution in [0.2, 0.25) is 0 Å². The number of rotatable bonds is 58. The first-order valence-electron chi connectivity index (χ1n) is 33.7. The Balaban J connectivity index is 0.0000240. The monoisotopic (exact) mass is 1410 g/mol. The van der Waals surface area contributed by atoms with Crippen LogP contribution in [-0.2, 0) is 79.7 Å². The van der Waals surface area contributed by atoms with Gasteiger partial charge in [0.25, 0.3) is 0 Å². The molecule has 0 saturated carbocycles. The number of hydrogen-bond donors (Lipinski definition) is 9. The number of nitrogens with two attached hydrogens (primary N) is 2. The number of aromatic nitrogens is 4. The summed E-state index contributed by atoms with van der Waals surface area (Å²) < 4.78 is 72.0. The third-order valence-electron chi connectivity index (χ3n) is 16.3. The number of nitrogen functional groups attached to an aromatic ring is 1. The molecule has 2 aromatic rings. The molecule has 2 aromatic heterocycles. The zero-order valence-electron chi connectivity index (χ0n) is 55.4. The zero-order valence-corrected chi connectivity index (χ0v) is 57.2. The summed E-state index contributed by atoms with van der Waals surface area (Å²) >= 11 is 0. The number of anilines is 1. The number of β-amino-alcohol motifs (C(OH)–C–C–N with tert-alkyl or cyclic N) is 1. The van der Waals surface area contributed by atoms with Crippen molar-refractivity contribution in [2.75, 3.05) is 98.5 Å². The Kier molecular flexibility index (Phi) is 42.9. The minimum absolute atomic E-state index is 0. The molecule has 2 fully saturated rings. The van der Waals surface area contributed by atoms with E-state index in [0.717, 1.165) is 20.0 Å². The molecule has 0 radical (unpaired) electrons. The van der Waals surface area contributed by atoms with Crippen LogP contribution in [0, 0.1) is 0 Å². The fourth-order valence-electron chi connectivity index (χ4n) is 10.9. The summed E-state index contributed by atoms with van der Waals surface area (Å²) in [5, 5.41) is 34.5. The van der Waals surface area contributed by atoms with Crippen LogP contribution in [0.5, 0.6) is 0 Å². The van der Waals surface area contributed by atoms with Gasteiger partial charge in [-0.25, -0.2) is 24.1 Å². The maximum atomic E-state index is 13.9. The van der Waals surface area contributed by atoms with E-state index in [1.54, 1.807) is 0 Å². The number of ketones is 4. The molecule has 31 nitrogen and oxygen atoms in total. The first-order chi connectivity index (χ1) is 45.6. The lowest BCUT2D eigenvalue weighted by Crippen LogP contribution is -2.58. The summed E-state index contributed by atoms with van der Waals surface area (Å²) in [6.45, 7) is -0.436. The van der Waals surface area contributed by atoms with E-state index in [-0.39, 0.29) is 170 Å². The molecule has 2 aliphatic rings. The average Bonchev–Trinajstić information content (AvgIpc) is 1.63. The van der Waals surface area contributed by atoms with E-state index in [1.807, 2.05) is 0 Å².